The molecule has 1 aliphatic carbocycles. The van der Waals surface area contributed by atoms with Gasteiger partial charge in [0.05, 0.1) is 33.1 Å². The SMILES string of the molecule is c1ccc(-n2c3ccccc3c3cc4c5ccccc5n(-c5ccc6c(c5)Oc5nc7ccccc7n5C65c6ccccc6-c6ccccc65)c4cc32)cc1. The van der Waals surface area contributed by atoms with Gasteiger partial charge in [0.2, 0.25) is 0 Å². The Morgan fingerprint density at radius 2 is 0.964 bits per heavy atom. The summed E-state index contributed by atoms with van der Waals surface area (Å²) in [5.74, 6) is 0.803. The molecule has 55 heavy (non-hydrogen) atoms. The molecule has 1 spiro atoms. The highest BCUT2D eigenvalue weighted by Crippen LogP contribution is 2.59. The van der Waals surface area contributed by atoms with E-state index >= 15 is 0 Å². The molecule has 0 radical (unpaired) electrons. The van der Waals surface area contributed by atoms with Crippen molar-refractivity contribution in [2.24, 2.45) is 0 Å². The number of para-hydroxylation sites is 5. The molecular weight excluding hydrogens is 673 g/mol. The van der Waals surface area contributed by atoms with Gasteiger partial charge in [-0.2, -0.15) is 4.98 Å². The van der Waals surface area contributed by atoms with Crippen LogP contribution in [0.25, 0.3) is 77.1 Å². The number of imidazole rings is 1. The third-order valence-corrected chi connectivity index (χ3v) is 12.1. The van der Waals surface area contributed by atoms with Gasteiger partial charge in [0.25, 0.3) is 0 Å². The average Bonchev–Trinajstić information content (AvgIpc) is 3.96. The van der Waals surface area contributed by atoms with E-state index in [2.05, 4.69) is 190 Å². The molecule has 0 fully saturated rings. The maximum atomic E-state index is 6.96. The standard InChI is InChI=1S/C50H30N4O/c1-2-14-31(15-3-1)52-43-23-11-6-18-35(43)37-29-38-36-19-7-12-24-44(36)53(47(38)30-46(37)52)32-26-27-41-48(28-32)55-49-51-42-22-10-13-25-45(42)54(49)50(41)39-20-8-4-16-33(39)34-17-5-9-21-40(34)50/h1-30H. The van der Waals surface area contributed by atoms with Crippen molar-refractivity contribution < 1.29 is 4.74 Å². The smallest absolute Gasteiger partial charge is 0.304 e. The average molecular weight is 703 g/mol. The van der Waals surface area contributed by atoms with Crippen LogP contribution in [-0.2, 0) is 5.54 Å². The minimum absolute atomic E-state index is 0.591. The van der Waals surface area contributed by atoms with Crippen molar-refractivity contribution in [3.63, 3.8) is 0 Å². The summed E-state index contributed by atoms with van der Waals surface area (Å²) in [7, 11) is 0. The fraction of sp³-hybridized carbons (Fsp3) is 0.0200. The van der Waals surface area contributed by atoms with Gasteiger partial charge in [-0.25, -0.2) is 0 Å². The Bertz CT molecular complexity index is 3370. The lowest BCUT2D eigenvalue weighted by molar-refractivity contribution is 0.340. The first-order valence-electron chi connectivity index (χ1n) is 18.8. The molecule has 13 rings (SSSR count). The molecule has 5 heteroatoms. The molecule has 0 unspecified atom stereocenters. The number of aromatic nitrogens is 4. The topological polar surface area (TPSA) is 36.9 Å². The van der Waals surface area contributed by atoms with Crippen LogP contribution in [0.1, 0.15) is 16.7 Å². The van der Waals surface area contributed by atoms with Crippen LogP contribution in [0.5, 0.6) is 11.8 Å². The lowest BCUT2D eigenvalue weighted by Crippen LogP contribution is -2.38. The maximum Gasteiger partial charge on any atom is 0.304 e. The molecule has 256 valence electrons. The second kappa shape index (κ2) is 10.4. The minimum Gasteiger partial charge on any atom is -0.425 e. The van der Waals surface area contributed by atoms with Crippen molar-refractivity contribution in [1.29, 1.82) is 0 Å². The van der Waals surface area contributed by atoms with Crippen LogP contribution in [0.4, 0.5) is 0 Å². The fourth-order valence-electron chi connectivity index (χ4n) is 9.96. The Hall–Kier alpha value is -7.37. The van der Waals surface area contributed by atoms with Gasteiger partial charge in [0.15, 0.2) is 0 Å². The van der Waals surface area contributed by atoms with E-state index in [9.17, 15) is 0 Å². The van der Waals surface area contributed by atoms with Gasteiger partial charge < -0.3 is 13.9 Å². The van der Waals surface area contributed by atoms with E-state index in [1.54, 1.807) is 0 Å². The summed E-state index contributed by atoms with van der Waals surface area (Å²) < 4.78 is 14.1. The molecule has 11 aromatic rings. The Kier molecular flexibility index (Phi) is 5.51. The molecule has 0 atom stereocenters. The molecule has 3 aromatic heterocycles. The summed E-state index contributed by atoms with van der Waals surface area (Å²) in [4.78, 5) is 5.13. The van der Waals surface area contributed by atoms with Crippen molar-refractivity contribution in [1.82, 2.24) is 18.7 Å². The highest BCUT2D eigenvalue weighted by molar-refractivity contribution is 6.19. The molecule has 2 aliphatic rings. The predicted molar refractivity (Wildman–Crippen MR) is 222 cm³/mol. The van der Waals surface area contributed by atoms with E-state index in [0.29, 0.717) is 6.01 Å². The molecule has 5 nitrogen and oxygen atoms in total. The first kappa shape index (κ1) is 29.1. The molecule has 0 N–H and O–H groups in total. The zero-order valence-electron chi connectivity index (χ0n) is 29.5. The van der Waals surface area contributed by atoms with Crippen LogP contribution in [0.3, 0.4) is 0 Å². The molecule has 0 saturated heterocycles. The summed E-state index contributed by atoms with van der Waals surface area (Å²) >= 11 is 0. The first-order valence-corrected chi connectivity index (χ1v) is 18.8. The lowest BCUT2D eigenvalue weighted by atomic mass is 9.79. The number of benzene rings is 8. The molecule has 4 heterocycles. The van der Waals surface area contributed by atoms with Crippen molar-refractivity contribution in [2.45, 2.75) is 5.54 Å². The van der Waals surface area contributed by atoms with Crippen molar-refractivity contribution in [3.05, 3.63) is 199 Å². The fourth-order valence-corrected chi connectivity index (χ4v) is 9.96. The Labute approximate surface area is 315 Å². The van der Waals surface area contributed by atoms with Crippen LogP contribution in [-0.4, -0.2) is 18.7 Å². The molecule has 0 bridgehead atoms. The van der Waals surface area contributed by atoms with Gasteiger partial charge in [-0.1, -0.05) is 121 Å². The van der Waals surface area contributed by atoms with Crippen molar-refractivity contribution in [2.75, 3.05) is 0 Å². The van der Waals surface area contributed by atoms with Crippen LogP contribution in [0, 0.1) is 0 Å². The zero-order chi connectivity index (χ0) is 35.8. The number of rotatable bonds is 2. The molecular formula is C50H30N4O. The van der Waals surface area contributed by atoms with E-state index in [1.165, 1.54) is 54.8 Å². The van der Waals surface area contributed by atoms with Gasteiger partial charge in [-0.05, 0) is 76.9 Å². The molecule has 8 aromatic carbocycles. The number of hydrogen-bond donors (Lipinski definition) is 0. The van der Waals surface area contributed by atoms with Crippen LogP contribution in [0.2, 0.25) is 0 Å². The third kappa shape index (κ3) is 3.60. The second-order valence-corrected chi connectivity index (χ2v) is 14.7. The summed E-state index contributed by atoms with van der Waals surface area (Å²) in [6, 6.07) is 66.3. The highest BCUT2D eigenvalue weighted by Gasteiger charge is 2.52. The van der Waals surface area contributed by atoms with Gasteiger partial charge in [-0.3, -0.25) is 4.57 Å². The van der Waals surface area contributed by atoms with E-state index in [-0.39, 0.29) is 0 Å². The monoisotopic (exact) mass is 702 g/mol. The normalized spacial score (nSPS) is 13.7. The third-order valence-electron chi connectivity index (χ3n) is 12.1. The first-order chi connectivity index (χ1) is 27.3. The van der Waals surface area contributed by atoms with Crippen LogP contribution >= 0.6 is 0 Å². The van der Waals surface area contributed by atoms with Crippen molar-refractivity contribution >= 4 is 54.6 Å². The largest absolute Gasteiger partial charge is 0.425 e. The number of ether oxygens (including phenoxy) is 1. The number of nitrogens with zero attached hydrogens (tertiary/aromatic N) is 4. The quantitative estimate of drug-likeness (QED) is 0.180. The predicted octanol–water partition coefficient (Wildman–Crippen LogP) is 12.2. The highest BCUT2D eigenvalue weighted by atomic mass is 16.5. The Morgan fingerprint density at radius 3 is 1.65 bits per heavy atom. The zero-order valence-corrected chi connectivity index (χ0v) is 29.5. The molecule has 0 amide bonds. The van der Waals surface area contributed by atoms with Gasteiger partial charge in [-0.15, -0.1) is 0 Å². The Balaban J connectivity index is 1.12. The van der Waals surface area contributed by atoms with E-state index in [4.69, 9.17) is 9.72 Å². The van der Waals surface area contributed by atoms with Crippen LogP contribution < -0.4 is 4.74 Å². The lowest BCUT2D eigenvalue weighted by Gasteiger charge is -2.39. The second-order valence-electron chi connectivity index (χ2n) is 14.7. The summed E-state index contributed by atoms with van der Waals surface area (Å²) in [5, 5.41) is 4.91. The van der Waals surface area contributed by atoms with Crippen molar-refractivity contribution in [3.8, 4) is 34.3 Å². The number of hydrogen-bond acceptors (Lipinski definition) is 2. The summed E-state index contributed by atoms with van der Waals surface area (Å²) in [6.07, 6.45) is 0. The van der Waals surface area contributed by atoms with Gasteiger partial charge in [0.1, 0.15) is 11.3 Å². The van der Waals surface area contributed by atoms with Gasteiger partial charge in [0, 0.05) is 44.5 Å². The van der Waals surface area contributed by atoms with E-state index in [0.717, 1.165) is 44.8 Å². The maximum absolute atomic E-state index is 6.96. The van der Waals surface area contributed by atoms with Gasteiger partial charge >= 0.3 is 6.01 Å². The number of fused-ring (bicyclic) bond motifs is 17. The van der Waals surface area contributed by atoms with E-state index < -0.39 is 5.54 Å². The molecule has 0 saturated carbocycles. The Morgan fingerprint density at radius 1 is 0.400 bits per heavy atom. The minimum atomic E-state index is -0.672. The summed E-state index contributed by atoms with van der Waals surface area (Å²) in [5.41, 5.74) is 14.1. The van der Waals surface area contributed by atoms with Crippen LogP contribution in [0.15, 0.2) is 182 Å². The summed E-state index contributed by atoms with van der Waals surface area (Å²) in [6.45, 7) is 0. The van der Waals surface area contributed by atoms with E-state index in [1.807, 2.05) is 6.07 Å². The molecule has 1 aliphatic heterocycles.